The van der Waals surface area contributed by atoms with Gasteiger partial charge >= 0.3 is 0 Å². The second kappa shape index (κ2) is 7.84. The Labute approximate surface area is 168 Å². The van der Waals surface area contributed by atoms with Gasteiger partial charge in [-0.3, -0.25) is 4.79 Å². The number of amides is 1. The molecule has 1 heterocycles. The van der Waals surface area contributed by atoms with Gasteiger partial charge in [-0.15, -0.1) is 0 Å². The first-order valence-electron chi connectivity index (χ1n) is 8.84. The molecule has 0 unspecified atom stereocenters. The molecule has 1 N–H and O–H groups in total. The number of hydrogen-bond acceptors (Lipinski definition) is 5. The van der Waals surface area contributed by atoms with E-state index in [2.05, 4.69) is 15.3 Å². The van der Waals surface area contributed by atoms with Crippen molar-refractivity contribution in [1.82, 2.24) is 19.6 Å². The van der Waals surface area contributed by atoms with Crippen molar-refractivity contribution < 1.29 is 17.6 Å². The number of rotatable bonds is 5. The van der Waals surface area contributed by atoms with Crippen molar-refractivity contribution in [3.05, 3.63) is 64.7 Å². The number of benzene rings is 2. The molecule has 29 heavy (non-hydrogen) atoms. The van der Waals surface area contributed by atoms with E-state index in [0.717, 1.165) is 10.4 Å². The van der Waals surface area contributed by atoms with Crippen LogP contribution in [-0.2, 0) is 16.6 Å². The minimum Gasteiger partial charge on any atom is -0.348 e. The second-order valence-corrected chi connectivity index (χ2v) is 8.98. The molecular formula is C20H21FN4O3S. The lowest BCUT2D eigenvalue weighted by Gasteiger charge is -2.12. The smallest absolute Gasteiger partial charge is 0.253 e. The minimum atomic E-state index is -3.52. The van der Waals surface area contributed by atoms with Gasteiger partial charge in [-0.1, -0.05) is 12.1 Å². The predicted molar refractivity (Wildman–Crippen MR) is 107 cm³/mol. The topological polar surface area (TPSA) is 92.3 Å². The fourth-order valence-corrected chi connectivity index (χ4v) is 3.64. The molecule has 152 valence electrons. The average Bonchev–Trinajstić information content (AvgIpc) is 2.67. The summed E-state index contributed by atoms with van der Waals surface area (Å²) in [6, 6.07) is 8.57. The number of carbonyl (C=O) groups excluding carboxylic acids is 1. The molecular weight excluding hydrogens is 395 g/mol. The Balaban J connectivity index is 1.82. The Morgan fingerprint density at radius 3 is 2.31 bits per heavy atom. The van der Waals surface area contributed by atoms with Gasteiger partial charge in [-0.2, -0.15) is 0 Å². The van der Waals surface area contributed by atoms with Crippen LogP contribution in [-0.4, -0.2) is 42.7 Å². The third-order valence-electron chi connectivity index (χ3n) is 4.55. The molecule has 9 heteroatoms. The summed E-state index contributed by atoms with van der Waals surface area (Å²) in [5.74, 6) is -1.06. The maximum absolute atomic E-state index is 14.0. The lowest BCUT2D eigenvalue weighted by atomic mass is 10.1. The number of aromatic nitrogens is 2. The van der Waals surface area contributed by atoms with Crippen LogP contribution in [0, 0.1) is 19.7 Å². The Hall–Kier alpha value is -2.91. The van der Waals surface area contributed by atoms with E-state index in [9.17, 15) is 17.6 Å². The van der Waals surface area contributed by atoms with Crippen LogP contribution in [0.3, 0.4) is 0 Å². The molecule has 0 spiro atoms. The summed E-state index contributed by atoms with van der Waals surface area (Å²) in [6.07, 6.45) is 0. The van der Waals surface area contributed by atoms with Gasteiger partial charge in [0.05, 0.1) is 27.4 Å². The van der Waals surface area contributed by atoms with Gasteiger partial charge in [0.1, 0.15) is 11.3 Å². The number of aryl methyl sites for hydroxylation is 2. The Bertz CT molecular complexity index is 1190. The normalized spacial score (nSPS) is 11.8. The molecule has 1 aromatic heterocycles. The van der Waals surface area contributed by atoms with Crippen LogP contribution in [0.5, 0.6) is 0 Å². The third kappa shape index (κ3) is 4.25. The van der Waals surface area contributed by atoms with Gasteiger partial charge in [0.15, 0.2) is 0 Å². The molecule has 1 amide bonds. The summed E-state index contributed by atoms with van der Waals surface area (Å²) in [7, 11) is -0.601. The average molecular weight is 416 g/mol. The number of hydrogen-bond donors (Lipinski definition) is 1. The molecule has 0 aliphatic rings. The van der Waals surface area contributed by atoms with Crippen LogP contribution in [0.1, 0.15) is 27.3 Å². The molecule has 3 rings (SSSR count). The highest BCUT2D eigenvalue weighted by Crippen LogP contribution is 2.19. The van der Waals surface area contributed by atoms with E-state index < -0.39 is 21.7 Å². The van der Waals surface area contributed by atoms with Gasteiger partial charge < -0.3 is 5.32 Å². The van der Waals surface area contributed by atoms with E-state index in [4.69, 9.17) is 0 Å². The summed E-state index contributed by atoms with van der Waals surface area (Å²) in [6.45, 7) is 3.69. The zero-order chi connectivity index (χ0) is 21.3. The summed E-state index contributed by atoms with van der Waals surface area (Å²) in [5, 5.41) is 2.72. The highest BCUT2D eigenvalue weighted by molar-refractivity contribution is 7.89. The Morgan fingerprint density at radius 1 is 1.07 bits per heavy atom. The molecule has 3 aromatic rings. The molecule has 0 atom stereocenters. The SMILES string of the molecule is Cc1nc2cc(F)cc(C(=O)NCc3ccc(S(=O)(=O)N(C)C)cc3)c2nc1C. The largest absolute Gasteiger partial charge is 0.348 e. The summed E-state index contributed by atoms with van der Waals surface area (Å²) in [4.78, 5) is 21.5. The lowest BCUT2D eigenvalue weighted by Crippen LogP contribution is -2.24. The Morgan fingerprint density at radius 2 is 1.69 bits per heavy atom. The highest BCUT2D eigenvalue weighted by Gasteiger charge is 2.18. The molecule has 0 saturated heterocycles. The first-order valence-corrected chi connectivity index (χ1v) is 10.3. The van der Waals surface area contributed by atoms with Gasteiger partial charge in [0.25, 0.3) is 5.91 Å². The third-order valence-corrected chi connectivity index (χ3v) is 6.37. The molecule has 0 bridgehead atoms. The predicted octanol–water partition coefficient (Wildman–Crippen LogP) is 2.57. The zero-order valence-electron chi connectivity index (χ0n) is 16.5. The van der Waals surface area contributed by atoms with Crippen LogP contribution in [0.15, 0.2) is 41.3 Å². The van der Waals surface area contributed by atoms with Crippen molar-refractivity contribution in [2.45, 2.75) is 25.3 Å². The maximum atomic E-state index is 14.0. The van der Waals surface area contributed by atoms with Crippen LogP contribution in [0.4, 0.5) is 4.39 Å². The quantitative estimate of drug-likeness (QED) is 0.690. The number of sulfonamides is 1. The van der Waals surface area contributed by atoms with Gasteiger partial charge in [-0.05, 0) is 37.6 Å². The molecule has 0 aliphatic heterocycles. The monoisotopic (exact) mass is 416 g/mol. The van der Waals surface area contributed by atoms with E-state index in [1.165, 1.54) is 32.3 Å². The van der Waals surface area contributed by atoms with Crippen LogP contribution in [0.2, 0.25) is 0 Å². The molecule has 7 nitrogen and oxygen atoms in total. The van der Waals surface area contributed by atoms with Crippen LogP contribution >= 0.6 is 0 Å². The van der Waals surface area contributed by atoms with Crippen LogP contribution < -0.4 is 5.32 Å². The highest BCUT2D eigenvalue weighted by atomic mass is 32.2. The van der Waals surface area contributed by atoms with Crippen LogP contribution in [0.25, 0.3) is 11.0 Å². The number of nitrogens with one attached hydrogen (secondary N) is 1. The fraction of sp³-hybridized carbons (Fsp3) is 0.250. The zero-order valence-corrected chi connectivity index (χ0v) is 17.3. The standard InChI is InChI=1S/C20H21FN4O3S/c1-12-13(2)24-19-17(9-15(21)10-18(19)23-12)20(26)22-11-14-5-7-16(8-6-14)29(27,28)25(3)4/h5-10H,11H2,1-4H3,(H,22,26). The molecule has 0 aliphatic carbocycles. The maximum Gasteiger partial charge on any atom is 0.253 e. The van der Waals surface area contributed by atoms with E-state index >= 15 is 0 Å². The van der Waals surface area contributed by atoms with E-state index in [1.54, 1.807) is 26.0 Å². The van der Waals surface area contributed by atoms with Crippen molar-refractivity contribution in [2.24, 2.45) is 0 Å². The first-order chi connectivity index (χ1) is 13.6. The number of fused-ring (bicyclic) bond motifs is 1. The van der Waals surface area contributed by atoms with E-state index in [0.29, 0.717) is 28.0 Å². The van der Waals surface area contributed by atoms with Crippen molar-refractivity contribution in [3.63, 3.8) is 0 Å². The summed E-state index contributed by atoms with van der Waals surface area (Å²) in [5.41, 5.74) is 2.78. The van der Waals surface area contributed by atoms with Gasteiger partial charge in [0, 0.05) is 26.7 Å². The van der Waals surface area contributed by atoms with Crippen molar-refractivity contribution in [3.8, 4) is 0 Å². The summed E-state index contributed by atoms with van der Waals surface area (Å²) >= 11 is 0. The van der Waals surface area contributed by atoms with Crippen molar-refractivity contribution >= 4 is 27.0 Å². The lowest BCUT2D eigenvalue weighted by molar-refractivity contribution is 0.0952. The number of carbonyl (C=O) groups is 1. The van der Waals surface area contributed by atoms with Crippen molar-refractivity contribution in [1.29, 1.82) is 0 Å². The fourth-order valence-electron chi connectivity index (χ4n) is 2.74. The molecule has 0 fully saturated rings. The molecule has 0 saturated carbocycles. The van der Waals surface area contributed by atoms with E-state index in [1.807, 2.05) is 0 Å². The Kier molecular flexibility index (Phi) is 5.63. The van der Waals surface area contributed by atoms with Crippen molar-refractivity contribution in [2.75, 3.05) is 14.1 Å². The second-order valence-electron chi connectivity index (χ2n) is 6.83. The van der Waals surface area contributed by atoms with E-state index in [-0.39, 0.29) is 17.0 Å². The molecule has 0 radical (unpaired) electrons. The number of halogens is 1. The van der Waals surface area contributed by atoms with Gasteiger partial charge in [0.2, 0.25) is 10.0 Å². The minimum absolute atomic E-state index is 0.0994. The molecule has 2 aromatic carbocycles. The number of nitrogens with zero attached hydrogens (tertiary/aromatic N) is 3. The summed E-state index contributed by atoms with van der Waals surface area (Å²) < 4.78 is 39.3. The first kappa shape index (κ1) is 20.8. The van der Waals surface area contributed by atoms with Gasteiger partial charge in [-0.25, -0.2) is 27.1 Å².